The summed E-state index contributed by atoms with van der Waals surface area (Å²) in [7, 11) is 1.61. The zero-order chi connectivity index (χ0) is 33.3. The van der Waals surface area contributed by atoms with E-state index in [0.717, 1.165) is 17.0 Å². The molecule has 1 aliphatic heterocycles. The molecule has 246 valence electrons. The van der Waals surface area contributed by atoms with Crippen molar-refractivity contribution in [1.82, 2.24) is 10.2 Å². The first-order valence-electron chi connectivity index (χ1n) is 15.0. The second-order valence-electron chi connectivity index (χ2n) is 10.6. The standard InChI is InChI=1S/C34H34ClF2N5O5/c1-3-46-33-19-26(7-12-31(33)42(43)44)40-14-16-41(17-15-40)34(38-21-23-4-8-27(45-2)9-5-23)39-22-24-18-25(36)6-13-32(24)47-28-10-11-30(37)29(35)20-28/h4-13,18-20H,3,14-17,21-22H2,1-2H3,(H,38,39). The summed E-state index contributed by atoms with van der Waals surface area (Å²) in [5.74, 6) is 1.27. The molecule has 10 nitrogen and oxygen atoms in total. The number of piperazine rings is 1. The van der Waals surface area contributed by atoms with Crippen molar-refractivity contribution in [3.05, 3.63) is 117 Å². The molecule has 5 rings (SSSR count). The van der Waals surface area contributed by atoms with Crippen molar-refractivity contribution in [3.63, 3.8) is 0 Å². The molecule has 13 heteroatoms. The lowest BCUT2D eigenvalue weighted by Gasteiger charge is -2.38. The van der Waals surface area contributed by atoms with Crippen LogP contribution in [0.15, 0.2) is 83.9 Å². The molecule has 0 aliphatic carbocycles. The molecule has 0 unspecified atom stereocenters. The van der Waals surface area contributed by atoms with Gasteiger partial charge in [-0.25, -0.2) is 13.8 Å². The van der Waals surface area contributed by atoms with Crippen molar-refractivity contribution >= 4 is 28.9 Å². The number of nitrogens with one attached hydrogen (secondary N) is 1. The van der Waals surface area contributed by atoms with E-state index in [9.17, 15) is 18.9 Å². The van der Waals surface area contributed by atoms with Crippen molar-refractivity contribution in [3.8, 4) is 23.0 Å². The lowest BCUT2D eigenvalue weighted by Crippen LogP contribution is -2.52. The zero-order valence-corrected chi connectivity index (χ0v) is 26.7. The maximum Gasteiger partial charge on any atom is 0.311 e. The number of halogens is 3. The summed E-state index contributed by atoms with van der Waals surface area (Å²) in [6.07, 6.45) is 0. The highest BCUT2D eigenvalue weighted by Gasteiger charge is 2.23. The zero-order valence-electron chi connectivity index (χ0n) is 25.9. The predicted octanol–water partition coefficient (Wildman–Crippen LogP) is 7.19. The molecule has 4 aromatic carbocycles. The topological polar surface area (TPSA) is 102 Å². The summed E-state index contributed by atoms with van der Waals surface area (Å²) in [6.45, 7) is 5.08. The van der Waals surface area contributed by atoms with Crippen LogP contribution in [0.2, 0.25) is 5.02 Å². The molecule has 0 bridgehead atoms. The minimum atomic E-state index is -0.568. The Kier molecular flexibility index (Phi) is 10.9. The van der Waals surface area contributed by atoms with Gasteiger partial charge in [0, 0.05) is 62.2 Å². The lowest BCUT2D eigenvalue weighted by molar-refractivity contribution is -0.385. The summed E-state index contributed by atoms with van der Waals surface area (Å²) >= 11 is 5.93. The number of methoxy groups -OCH3 is 1. The molecular weight excluding hydrogens is 632 g/mol. The van der Waals surface area contributed by atoms with Gasteiger partial charge in [-0.2, -0.15) is 0 Å². The molecule has 0 aromatic heterocycles. The van der Waals surface area contributed by atoms with E-state index < -0.39 is 16.6 Å². The van der Waals surface area contributed by atoms with Crippen LogP contribution in [0.25, 0.3) is 0 Å². The van der Waals surface area contributed by atoms with Crippen molar-refractivity contribution in [2.24, 2.45) is 4.99 Å². The third-order valence-corrected chi connectivity index (χ3v) is 7.82. The van der Waals surface area contributed by atoms with Gasteiger partial charge >= 0.3 is 5.69 Å². The normalized spacial score (nSPS) is 13.3. The molecule has 1 heterocycles. The number of nitro benzene ring substituents is 1. The third kappa shape index (κ3) is 8.59. The van der Waals surface area contributed by atoms with Gasteiger partial charge in [-0.05, 0) is 61.0 Å². The van der Waals surface area contributed by atoms with Gasteiger partial charge < -0.3 is 29.3 Å². The Morgan fingerprint density at radius 1 is 0.957 bits per heavy atom. The first kappa shape index (κ1) is 33.3. The van der Waals surface area contributed by atoms with Gasteiger partial charge in [0.15, 0.2) is 11.7 Å². The quantitative estimate of drug-likeness (QED) is 0.0777. The summed E-state index contributed by atoms with van der Waals surface area (Å²) in [6, 6.07) is 20.7. The first-order valence-corrected chi connectivity index (χ1v) is 15.4. The van der Waals surface area contributed by atoms with E-state index in [1.54, 1.807) is 26.2 Å². The SMILES string of the molecule is CCOc1cc(N2CCN(C(=NCc3ccc(OC)cc3)NCc3cc(F)ccc3Oc3ccc(F)c(Cl)c3)CC2)ccc1[N+](=O)[O-]. The molecule has 0 atom stereocenters. The largest absolute Gasteiger partial charge is 0.497 e. The van der Waals surface area contributed by atoms with Gasteiger partial charge in [-0.1, -0.05) is 23.7 Å². The summed E-state index contributed by atoms with van der Waals surface area (Å²) < 4.78 is 44.9. The van der Waals surface area contributed by atoms with Gasteiger partial charge in [0.1, 0.15) is 28.9 Å². The highest BCUT2D eigenvalue weighted by atomic mass is 35.5. The van der Waals surface area contributed by atoms with E-state index >= 15 is 0 Å². The summed E-state index contributed by atoms with van der Waals surface area (Å²) in [5, 5.41) is 14.7. The summed E-state index contributed by atoms with van der Waals surface area (Å²) in [4.78, 5) is 20.1. The van der Waals surface area contributed by atoms with Gasteiger partial charge in [0.2, 0.25) is 0 Å². The molecule has 1 aliphatic rings. The number of anilines is 1. The van der Waals surface area contributed by atoms with Crippen LogP contribution >= 0.6 is 11.6 Å². The number of benzene rings is 4. The van der Waals surface area contributed by atoms with E-state index in [1.165, 1.54) is 42.5 Å². The molecule has 1 N–H and O–H groups in total. The van der Waals surface area contributed by atoms with Crippen LogP contribution in [-0.4, -0.2) is 55.7 Å². The van der Waals surface area contributed by atoms with Gasteiger partial charge in [0.05, 0.1) is 30.2 Å². The minimum Gasteiger partial charge on any atom is -0.497 e. The van der Waals surface area contributed by atoms with E-state index in [0.29, 0.717) is 62.4 Å². The Hall–Kier alpha value is -5.10. The second kappa shape index (κ2) is 15.5. The minimum absolute atomic E-state index is 0.0744. The van der Waals surface area contributed by atoms with Crippen LogP contribution in [0.4, 0.5) is 20.2 Å². The molecular formula is C34H34ClF2N5O5. The van der Waals surface area contributed by atoms with Crippen LogP contribution in [0, 0.1) is 21.7 Å². The summed E-state index contributed by atoms with van der Waals surface area (Å²) in [5.41, 5.74) is 2.25. The van der Waals surface area contributed by atoms with Gasteiger partial charge in [0.25, 0.3) is 0 Å². The molecule has 4 aromatic rings. The highest BCUT2D eigenvalue weighted by Crippen LogP contribution is 2.33. The third-order valence-electron chi connectivity index (χ3n) is 7.53. The average molecular weight is 666 g/mol. The average Bonchev–Trinajstić information content (AvgIpc) is 3.08. The fourth-order valence-corrected chi connectivity index (χ4v) is 5.26. The highest BCUT2D eigenvalue weighted by molar-refractivity contribution is 6.30. The monoisotopic (exact) mass is 665 g/mol. The Morgan fingerprint density at radius 3 is 2.38 bits per heavy atom. The molecule has 47 heavy (non-hydrogen) atoms. The maximum atomic E-state index is 14.4. The number of hydrogen-bond donors (Lipinski definition) is 1. The number of nitro groups is 1. The number of aliphatic imine (C=N–C) groups is 1. The van der Waals surface area contributed by atoms with Crippen LogP contribution in [0.1, 0.15) is 18.1 Å². The van der Waals surface area contributed by atoms with E-state index in [4.69, 9.17) is 30.8 Å². The van der Waals surface area contributed by atoms with Crippen molar-refractivity contribution in [2.75, 3.05) is 44.8 Å². The number of ether oxygens (including phenoxy) is 3. The Balaban J connectivity index is 1.34. The smallest absolute Gasteiger partial charge is 0.311 e. The number of rotatable bonds is 11. The van der Waals surface area contributed by atoms with Crippen LogP contribution in [-0.2, 0) is 13.1 Å². The number of hydrogen-bond acceptors (Lipinski definition) is 7. The van der Waals surface area contributed by atoms with E-state index in [-0.39, 0.29) is 23.0 Å². The predicted molar refractivity (Wildman–Crippen MR) is 177 cm³/mol. The molecule has 0 amide bonds. The molecule has 1 fully saturated rings. The Morgan fingerprint density at radius 2 is 1.70 bits per heavy atom. The van der Waals surface area contributed by atoms with Crippen molar-refractivity contribution < 1.29 is 27.9 Å². The second-order valence-corrected chi connectivity index (χ2v) is 11.0. The maximum absolute atomic E-state index is 14.4. The molecule has 0 radical (unpaired) electrons. The number of guanidine groups is 1. The first-order chi connectivity index (χ1) is 22.7. The van der Waals surface area contributed by atoms with Crippen LogP contribution in [0.3, 0.4) is 0 Å². The van der Waals surface area contributed by atoms with Gasteiger partial charge in [-0.15, -0.1) is 0 Å². The molecule has 0 spiro atoms. The van der Waals surface area contributed by atoms with Crippen LogP contribution in [0.5, 0.6) is 23.0 Å². The lowest BCUT2D eigenvalue weighted by atomic mass is 10.2. The Labute approximate surface area is 276 Å². The van der Waals surface area contributed by atoms with E-state index in [2.05, 4.69) is 15.1 Å². The van der Waals surface area contributed by atoms with Crippen molar-refractivity contribution in [2.45, 2.75) is 20.0 Å². The Bertz CT molecular complexity index is 1730. The number of nitrogens with zero attached hydrogens (tertiary/aromatic N) is 4. The fraction of sp³-hybridized carbons (Fsp3) is 0.265. The van der Waals surface area contributed by atoms with E-state index in [1.807, 2.05) is 24.3 Å². The molecule has 1 saturated heterocycles. The van der Waals surface area contributed by atoms with Gasteiger partial charge in [-0.3, -0.25) is 10.1 Å². The fourth-order valence-electron chi connectivity index (χ4n) is 5.09. The van der Waals surface area contributed by atoms with Crippen molar-refractivity contribution in [1.29, 1.82) is 0 Å². The molecule has 0 saturated carbocycles. The van der Waals surface area contributed by atoms with Crippen LogP contribution < -0.4 is 24.4 Å².